The van der Waals surface area contributed by atoms with E-state index >= 15 is 0 Å². The molecule has 0 aliphatic carbocycles. The first kappa shape index (κ1) is 23.4. The van der Waals surface area contributed by atoms with E-state index in [0.717, 1.165) is 11.3 Å². The molecule has 1 amide bonds. The second kappa shape index (κ2) is 10.5. The first-order chi connectivity index (χ1) is 16.4. The molecule has 1 heterocycles. The van der Waals surface area contributed by atoms with Crippen molar-refractivity contribution < 1.29 is 18.3 Å². The van der Waals surface area contributed by atoms with Crippen molar-refractivity contribution in [2.75, 3.05) is 7.11 Å². The minimum absolute atomic E-state index is 0.169. The highest BCUT2D eigenvalue weighted by Crippen LogP contribution is 2.30. The van der Waals surface area contributed by atoms with Gasteiger partial charge in [0, 0.05) is 17.8 Å². The summed E-state index contributed by atoms with van der Waals surface area (Å²) in [5, 5.41) is 11.4. The number of nitrogens with one attached hydrogen (secondary N) is 1. The summed E-state index contributed by atoms with van der Waals surface area (Å²) in [4.78, 5) is 12.7. The predicted octanol–water partition coefficient (Wildman–Crippen LogP) is 5.02. The van der Waals surface area contributed by atoms with Crippen molar-refractivity contribution in [2.24, 2.45) is 0 Å². The van der Waals surface area contributed by atoms with Gasteiger partial charge >= 0.3 is 0 Å². The van der Waals surface area contributed by atoms with Crippen LogP contribution in [0.1, 0.15) is 12.5 Å². The Morgan fingerprint density at radius 3 is 2.21 bits per heavy atom. The van der Waals surface area contributed by atoms with Gasteiger partial charge < -0.3 is 10.1 Å². The number of hydrogen-bond acceptors (Lipinski definition) is 5. The van der Waals surface area contributed by atoms with Crippen molar-refractivity contribution in [3.05, 3.63) is 90.0 Å². The van der Waals surface area contributed by atoms with Crippen LogP contribution in [0.4, 0.5) is 8.78 Å². The Morgan fingerprint density at radius 2 is 1.59 bits per heavy atom. The molecule has 1 atom stereocenters. The summed E-state index contributed by atoms with van der Waals surface area (Å²) in [6, 6.07) is 19.2. The van der Waals surface area contributed by atoms with Gasteiger partial charge in [-0.05, 0) is 73.2 Å². The minimum atomic E-state index is -0.484. The Labute approximate surface area is 200 Å². The number of amides is 1. The van der Waals surface area contributed by atoms with Crippen molar-refractivity contribution >= 4 is 17.7 Å². The average Bonchev–Trinajstić information content (AvgIpc) is 3.27. The minimum Gasteiger partial charge on any atom is -0.497 e. The molecule has 34 heavy (non-hydrogen) atoms. The highest BCUT2D eigenvalue weighted by atomic mass is 32.2. The van der Waals surface area contributed by atoms with Crippen molar-refractivity contribution in [1.82, 2.24) is 20.1 Å². The van der Waals surface area contributed by atoms with Crippen LogP contribution < -0.4 is 10.1 Å². The summed E-state index contributed by atoms with van der Waals surface area (Å²) < 4.78 is 33.8. The van der Waals surface area contributed by atoms with E-state index in [0.29, 0.717) is 28.8 Å². The number of carbonyl (C=O) groups is 1. The van der Waals surface area contributed by atoms with Crippen LogP contribution in [0.15, 0.2) is 78.0 Å². The number of methoxy groups -OCH3 is 1. The standard InChI is InChI=1S/C25H22F2N4O2S/c1-16(24(32)28-15-17-3-13-22(33-2)14-4-17)34-25-30-29-23(18-5-7-19(26)8-6-18)31(25)21-11-9-20(27)10-12-21/h3-14,16H,15H2,1-2H3,(H,28,32). The first-order valence-corrected chi connectivity index (χ1v) is 11.4. The van der Waals surface area contributed by atoms with Gasteiger partial charge in [0.25, 0.3) is 0 Å². The topological polar surface area (TPSA) is 69.0 Å². The van der Waals surface area contributed by atoms with E-state index in [4.69, 9.17) is 4.74 Å². The maximum absolute atomic E-state index is 13.5. The van der Waals surface area contributed by atoms with Gasteiger partial charge in [0.1, 0.15) is 17.4 Å². The smallest absolute Gasteiger partial charge is 0.233 e. The number of rotatable bonds is 8. The van der Waals surface area contributed by atoms with E-state index in [-0.39, 0.29) is 17.5 Å². The van der Waals surface area contributed by atoms with Gasteiger partial charge in [0.15, 0.2) is 11.0 Å². The molecule has 0 saturated heterocycles. The summed E-state index contributed by atoms with van der Waals surface area (Å²) in [5.74, 6) is 0.294. The van der Waals surface area contributed by atoms with Crippen LogP contribution in [-0.4, -0.2) is 33.0 Å². The maximum Gasteiger partial charge on any atom is 0.233 e. The Hall–Kier alpha value is -3.72. The Kier molecular flexibility index (Phi) is 7.22. The molecule has 6 nitrogen and oxygen atoms in total. The molecule has 1 N–H and O–H groups in total. The van der Waals surface area contributed by atoms with Gasteiger partial charge in [0.05, 0.1) is 12.4 Å². The van der Waals surface area contributed by atoms with E-state index in [1.807, 2.05) is 24.3 Å². The summed E-state index contributed by atoms with van der Waals surface area (Å²) in [5.41, 5.74) is 2.21. The fourth-order valence-electron chi connectivity index (χ4n) is 3.24. The zero-order valence-corrected chi connectivity index (χ0v) is 19.4. The molecule has 0 aliphatic rings. The van der Waals surface area contributed by atoms with Crippen molar-refractivity contribution in [3.63, 3.8) is 0 Å². The molecular formula is C25H22F2N4O2S. The summed E-state index contributed by atoms with van der Waals surface area (Å²) in [6.45, 7) is 2.15. The van der Waals surface area contributed by atoms with Crippen LogP contribution in [0.5, 0.6) is 5.75 Å². The van der Waals surface area contributed by atoms with Gasteiger partial charge in [-0.25, -0.2) is 8.78 Å². The number of nitrogens with zero attached hydrogens (tertiary/aromatic N) is 3. The number of hydrogen-bond donors (Lipinski definition) is 1. The summed E-state index contributed by atoms with van der Waals surface area (Å²) in [7, 11) is 1.60. The molecule has 174 valence electrons. The molecule has 1 aromatic heterocycles. The Morgan fingerprint density at radius 1 is 0.971 bits per heavy atom. The number of aromatic nitrogens is 3. The lowest BCUT2D eigenvalue weighted by molar-refractivity contribution is -0.120. The molecule has 0 fully saturated rings. The van der Waals surface area contributed by atoms with Gasteiger partial charge in [-0.3, -0.25) is 9.36 Å². The van der Waals surface area contributed by atoms with Crippen molar-refractivity contribution in [1.29, 1.82) is 0 Å². The number of halogens is 2. The molecule has 0 saturated carbocycles. The molecule has 4 aromatic rings. The van der Waals surface area contributed by atoms with Gasteiger partial charge in [-0.1, -0.05) is 23.9 Å². The fraction of sp³-hybridized carbons (Fsp3) is 0.160. The largest absolute Gasteiger partial charge is 0.497 e. The van der Waals surface area contributed by atoms with Crippen LogP contribution >= 0.6 is 11.8 Å². The highest BCUT2D eigenvalue weighted by Gasteiger charge is 2.22. The molecule has 0 radical (unpaired) electrons. The number of thioether (sulfide) groups is 1. The first-order valence-electron chi connectivity index (χ1n) is 10.5. The number of ether oxygens (including phenoxy) is 1. The summed E-state index contributed by atoms with van der Waals surface area (Å²) >= 11 is 1.23. The second-order valence-corrected chi connectivity index (χ2v) is 8.76. The molecule has 0 bridgehead atoms. The van der Waals surface area contributed by atoms with Crippen LogP contribution in [0.25, 0.3) is 17.1 Å². The Bertz CT molecular complexity index is 1260. The van der Waals surface area contributed by atoms with Crippen molar-refractivity contribution in [2.45, 2.75) is 23.9 Å². The second-order valence-electron chi connectivity index (χ2n) is 7.45. The zero-order chi connectivity index (χ0) is 24.1. The third kappa shape index (κ3) is 5.43. The van der Waals surface area contributed by atoms with E-state index in [9.17, 15) is 13.6 Å². The number of carbonyl (C=O) groups excluding carboxylic acids is 1. The lowest BCUT2D eigenvalue weighted by atomic mass is 10.2. The number of benzene rings is 3. The highest BCUT2D eigenvalue weighted by molar-refractivity contribution is 8.00. The van der Waals surface area contributed by atoms with Gasteiger partial charge in [0.2, 0.25) is 5.91 Å². The van der Waals surface area contributed by atoms with Crippen LogP contribution in [-0.2, 0) is 11.3 Å². The molecule has 4 rings (SSSR count). The van der Waals surface area contributed by atoms with E-state index in [2.05, 4.69) is 15.5 Å². The fourth-order valence-corrected chi connectivity index (χ4v) is 4.13. The molecule has 0 aliphatic heterocycles. The van der Waals surface area contributed by atoms with E-state index in [1.54, 1.807) is 42.9 Å². The van der Waals surface area contributed by atoms with E-state index in [1.165, 1.54) is 36.0 Å². The van der Waals surface area contributed by atoms with Crippen LogP contribution in [0.3, 0.4) is 0 Å². The monoisotopic (exact) mass is 480 g/mol. The lowest BCUT2D eigenvalue weighted by Crippen LogP contribution is -2.30. The van der Waals surface area contributed by atoms with Crippen LogP contribution in [0, 0.1) is 11.6 Å². The average molecular weight is 481 g/mol. The molecule has 1 unspecified atom stereocenters. The normalized spacial score (nSPS) is 11.8. The SMILES string of the molecule is COc1ccc(CNC(=O)C(C)Sc2nnc(-c3ccc(F)cc3)n2-c2ccc(F)cc2)cc1. The van der Waals surface area contributed by atoms with E-state index < -0.39 is 5.25 Å². The third-order valence-electron chi connectivity index (χ3n) is 5.10. The molecular weight excluding hydrogens is 458 g/mol. The molecule has 9 heteroatoms. The maximum atomic E-state index is 13.5. The molecule has 3 aromatic carbocycles. The third-order valence-corrected chi connectivity index (χ3v) is 6.14. The lowest BCUT2D eigenvalue weighted by Gasteiger charge is -2.14. The zero-order valence-electron chi connectivity index (χ0n) is 18.5. The van der Waals surface area contributed by atoms with Gasteiger partial charge in [-0.15, -0.1) is 10.2 Å². The quantitative estimate of drug-likeness (QED) is 0.359. The van der Waals surface area contributed by atoms with Crippen molar-refractivity contribution in [3.8, 4) is 22.8 Å². The Balaban J connectivity index is 1.54. The van der Waals surface area contributed by atoms with Gasteiger partial charge in [-0.2, -0.15) is 0 Å². The summed E-state index contributed by atoms with van der Waals surface area (Å²) in [6.07, 6.45) is 0. The predicted molar refractivity (Wildman–Crippen MR) is 127 cm³/mol. The molecule has 0 spiro atoms. The van der Waals surface area contributed by atoms with Crippen LogP contribution in [0.2, 0.25) is 0 Å².